The van der Waals surface area contributed by atoms with Crippen molar-refractivity contribution in [3.63, 3.8) is 0 Å². The Morgan fingerprint density at radius 1 is 1.41 bits per heavy atom. The molecular weight excluding hydrogens is 234 g/mol. The molecule has 0 amide bonds. The molecule has 2 aliphatic heterocycles. The predicted molar refractivity (Wildman–Crippen MR) is 67.9 cm³/mol. The lowest BCUT2D eigenvalue weighted by Gasteiger charge is -2.19. The second-order valence-electron chi connectivity index (χ2n) is 5.18. The highest BCUT2D eigenvalue weighted by atomic mass is 32.2. The fourth-order valence-corrected chi connectivity index (χ4v) is 3.84. The Balaban J connectivity index is 1.77. The number of nitrogens with zero attached hydrogens (tertiary/aromatic N) is 2. The SMILES string of the molecule is CC1(c2nc(C3CCCCS3)no2)CCCN1. The summed E-state index contributed by atoms with van der Waals surface area (Å²) in [5.74, 6) is 2.90. The van der Waals surface area contributed by atoms with Gasteiger partial charge in [0, 0.05) is 0 Å². The van der Waals surface area contributed by atoms with Crippen LogP contribution >= 0.6 is 11.8 Å². The fourth-order valence-electron chi connectivity index (χ4n) is 2.61. The molecule has 2 fully saturated rings. The molecule has 0 bridgehead atoms. The maximum atomic E-state index is 5.47. The van der Waals surface area contributed by atoms with Crippen molar-refractivity contribution in [1.29, 1.82) is 0 Å². The molecule has 3 rings (SSSR count). The van der Waals surface area contributed by atoms with E-state index in [1.165, 1.54) is 31.4 Å². The van der Waals surface area contributed by atoms with Gasteiger partial charge in [-0.15, -0.1) is 0 Å². The minimum Gasteiger partial charge on any atom is -0.337 e. The van der Waals surface area contributed by atoms with Crippen molar-refractivity contribution in [2.45, 2.75) is 49.8 Å². The van der Waals surface area contributed by atoms with E-state index in [4.69, 9.17) is 4.52 Å². The van der Waals surface area contributed by atoms with Gasteiger partial charge in [-0.2, -0.15) is 16.7 Å². The highest BCUT2D eigenvalue weighted by molar-refractivity contribution is 7.99. The highest BCUT2D eigenvalue weighted by Gasteiger charge is 2.36. The van der Waals surface area contributed by atoms with Gasteiger partial charge in [-0.25, -0.2) is 0 Å². The summed E-state index contributed by atoms with van der Waals surface area (Å²) in [7, 11) is 0. The molecule has 0 spiro atoms. The second-order valence-corrected chi connectivity index (χ2v) is 6.49. The average Bonchev–Trinajstić information content (AvgIpc) is 2.99. The lowest BCUT2D eigenvalue weighted by atomic mass is 10.0. The first-order chi connectivity index (χ1) is 8.28. The van der Waals surface area contributed by atoms with E-state index >= 15 is 0 Å². The molecule has 0 aliphatic carbocycles. The molecule has 4 nitrogen and oxygen atoms in total. The summed E-state index contributed by atoms with van der Waals surface area (Å²) in [6.45, 7) is 3.21. The lowest BCUT2D eigenvalue weighted by molar-refractivity contribution is 0.274. The van der Waals surface area contributed by atoms with Crippen LogP contribution in [-0.2, 0) is 5.54 Å². The molecule has 2 atom stereocenters. The van der Waals surface area contributed by atoms with E-state index < -0.39 is 0 Å². The summed E-state index contributed by atoms with van der Waals surface area (Å²) >= 11 is 1.97. The van der Waals surface area contributed by atoms with E-state index in [0.717, 1.165) is 24.7 Å². The van der Waals surface area contributed by atoms with Crippen molar-refractivity contribution in [1.82, 2.24) is 15.5 Å². The Morgan fingerprint density at radius 3 is 3.06 bits per heavy atom. The van der Waals surface area contributed by atoms with Crippen LogP contribution in [-0.4, -0.2) is 22.4 Å². The van der Waals surface area contributed by atoms with Gasteiger partial charge in [0.1, 0.15) is 0 Å². The topological polar surface area (TPSA) is 51.0 Å². The number of rotatable bonds is 2. The van der Waals surface area contributed by atoms with Crippen LogP contribution in [0.3, 0.4) is 0 Å². The summed E-state index contributed by atoms with van der Waals surface area (Å²) in [6.07, 6.45) is 6.08. The van der Waals surface area contributed by atoms with E-state index in [0.29, 0.717) is 5.25 Å². The van der Waals surface area contributed by atoms with Crippen LogP contribution in [0.1, 0.15) is 56.0 Å². The molecule has 2 aliphatic rings. The number of aromatic nitrogens is 2. The van der Waals surface area contributed by atoms with Crippen LogP contribution in [0.5, 0.6) is 0 Å². The quantitative estimate of drug-likeness (QED) is 0.878. The average molecular weight is 253 g/mol. The number of hydrogen-bond acceptors (Lipinski definition) is 5. The minimum absolute atomic E-state index is 0.0927. The maximum absolute atomic E-state index is 5.47. The third-order valence-corrected chi connectivity index (χ3v) is 5.12. The van der Waals surface area contributed by atoms with Gasteiger partial charge >= 0.3 is 0 Å². The molecule has 1 aromatic heterocycles. The molecule has 1 aromatic rings. The zero-order chi connectivity index (χ0) is 11.7. The molecule has 17 heavy (non-hydrogen) atoms. The van der Waals surface area contributed by atoms with Gasteiger partial charge in [-0.3, -0.25) is 0 Å². The molecule has 0 radical (unpaired) electrons. The van der Waals surface area contributed by atoms with Gasteiger partial charge in [-0.05, 0) is 44.9 Å². The Morgan fingerprint density at radius 2 is 2.35 bits per heavy atom. The van der Waals surface area contributed by atoms with Gasteiger partial charge in [-0.1, -0.05) is 11.6 Å². The molecular formula is C12H19N3OS. The molecule has 0 saturated carbocycles. The Labute approximate surface area is 106 Å². The normalized spacial score (nSPS) is 34.1. The zero-order valence-electron chi connectivity index (χ0n) is 10.2. The summed E-state index contributed by atoms with van der Waals surface area (Å²) < 4.78 is 5.47. The number of thioether (sulfide) groups is 1. The third kappa shape index (κ3) is 2.22. The first-order valence-corrected chi connectivity index (χ1v) is 7.53. The fraction of sp³-hybridized carbons (Fsp3) is 0.833. The van der Waals surface area contributed by atoms with Crippen LogP contribution in [0, 0.1) is 0 Å². The van der Waals surface area contributed by atoms with Gasteiger partial charge in [0.2, 0.25) is 5.89 Å². The van der Waals surface area contributed by atoms with E-state index in [9.17, 15) is 0 Å². The second kappa shape index (κ2) is 4.61. The van der Waals surface area contributed by atoms with E-state index in [2.05, 4.69) is 22.4 Å². The van der Waals surface area contributed by atoms with Crippen LogP contribution in [0.2, 0.25) is 0 Å². The van der Waals surface area contributed by atoms with Gasteiger partial charge in [0.25, 0.3) is 0 Å². The zero-order valence-corrected chi connectivity index (χ0v) is 11.1. The minimum atomic E-state index is -0.0927. The Bertz CT molecular complexity index is 381. The number of nitrogens with one attached hydrogen (secondary N) is 1. The molecule has 2 saturated heterocycles. The maximum Gasteiger partial charge on any atom is 0.246 e. The van der Waals surface area contributed by atoms with E-state index in [-0.39, 0.29) is 5.54 Å². The van der Waals surface area contributed by atoms with Crippen molar-refractivity contribution >= 4 is 11.8 Å². The van der Waals surface area contributed by atoms with Crippen LogP contribution in [0.25, 0.3) is 0 Å². The molecule has 5 heteroatoms. The first kappa shape index (κ1) is 11.5. The highest BCUT2D eigenvalue weighted by Crippen LogP contribution is 2.38. The smallest absolute Gasteiger partial charge is 0.246 e. The Hall–Kier alpha value is -0.550. The summed E-state index contributed by atoms with van der Waals surface area (Å²) in [6, 6.07) is 0. The number of hydrogen-bond donors (Lipinski definition) is 1. The van der Waals surface area contributed by atoms with Gasteiger partial charge < -0.3 is 9.84 Å². The lowest BCUT2D eigenvalue weighted by Crippen LogP contribution is -2.33. The van der Waals surface area contributed by atoms with Crippen LogP contribution in [0.15, 0.2) is 4.52 Å². The van der Waals surface area contributed by atoms with Crippen LogP contribution in [0.4, 0.5) is 0 Å². The molecule has 94 valence electrons. The van der Waals surface area contributed by atoms with Crippen molar-refractivity contribution in [2.75, 3.05) is 12.3 Å². The van der Waals surface area contributed by atoms with Crippen LogP contribution < -0.4 is 5.32 Å². The van der Waals surface area contributed by atoms with E-state index in [1.807, 2.05) is 11.8 Å². The van der Waals surface area contributed by atoms with E-state index in [1.54, 1.807) is 0 Å². The van der Waals surface area contributed by atoms with Crippen molar-refractivity contribution < 1.29 is 4.52 Å². The summed E-state index contributed by atoms with van der Waals surface area (Å²) in [5.41, 5.74) is -0.0927. The predicted octanol–water partition coefficient (Wildman–Crippen LogP) is 2.63. The summed E-state index contributed by atoms with van der Waals surface area (Å²) in [4.78, 5) is 4.63. The van der Waals surface area contributed by atoms with Crippen molar-refractivity contribution in [3.05, 3.63) is 11.7 Å². The standard InChI is InChI=1S/C12H19N3OS/c1-12(6-4-7-13-12)11-14-10(15-16-11)9-5-2-3-8-17-9/h9,13H,2-8H2,1H3. The van der Waals surface area contributed by atoms with Crippen molar-refractivity contribution in [3.8, 4) is 0 Å². The summed E-state index contributed by atoms with van der Waals surface area (Å²) in [5, 5.41) is 8.10. The molecule has 1 N–H and O–H groups in total. The molecule has 2 unspecified atom stereocenters. The third-order valence-electron chi connectivity index (χ3n) is 3.75. The monoisotopic (exact) mass is 253 g/mol. The molecule has 0 aromatic carbocycles. The Kier molecular flexibility index (Phi) is 3.13. The molecule has 3 heterocycles. The first-order valence-electron chi connectivity index (χ1n) is 6.49. The van der Waals surface area contributed by atoms with Gasteiger partial charge in [0.15, 0.2) is 5.82 Å². The van der Waals surface area contributed by atoms with Gasteiger partial charge in [0.05, 0.1) is 10.8 Å². The largest absolute Gasteiger partial charge is 0.337 e. The van der Waals surface area contributed by atoms with Crippen molar-refractivity contribution in [2.24, 2.45) is 0 Å².